The summed E-state index contributed by atoms with van der Waals surface area (Å²) in [6.07, 6.45) is 0. The fourth-order valence-electron chi connectivity index (χ4n) is 2.43. The first-order valence-corrected chi connectivity index (χ1v) is 10.4. The molecule has 2 N–H and O–H groups in total. The van der Waals surface area contributed by atoms with Gasteiger partial charge in [0.2, 0.25) is 0 Å². The molecule has 0 fully saturated rings. The Morgan fingerprint density at radius 2 is 1.63 bits per heavy atom. The molecule has 5 nitrogen and oxygen atoms in total. The normalized spacial score (nSPS) is 11.0. The minimum absolute atomic E-state index is 0.0224. The molecule has 0 aliphatic heterocycles. The Morgan fingerprint density at radius 1 is 0.926 bits per heavy atom. The van der Waals surface area contributed by atoms with Crippen LogP contribution in [0.5, 0.6) is 0 Å². The van der Waals surface area contributed by atoms with Gasteiger partial charge >= 0.3 is 0 Å². The summed E-state index contributed by atoms with van der Waals surface area (Å²) in [5, 5.41) is 2.75. The summed E-state index contributed by atoms with van der Waals surface area (Å²) in [5.74, 6) is -0.384. The molecule has 0 radical (unpaired) electrons. The van der Waals surface area contributed by atoms with Crippen molar-refractivity contribution in [2.24, 2.45) is 0 Å². The van der Waals surface area contributed by atoms with Crippen LogP contribution in [0.3, 0.4) is 0 Å². The lowest BCUT2D eigenvalue weighted by Gasteiger charge is -2.11. The molecule has 0 aliphatic carbocycles. The van der Waals surface area contributed by atoms with Gasteiger partial charge in [0, 0.05) is 15.7 Å². The summed E-state index contributed by atoms with van der Waals surface area (Å²) < 4.78 is 28.8. The molecule has 3 aromatic carbocycles. The van der Waals surface area contributed by atoms with Gasteiger partial charge in [0.05, 0.1) is 10.6 Å². The lowest BCUT2D eigenvalue weighted by atomic mass is 10.2. The molecule has 0 spiro atoms. The maximum atomic E-state index is 12.7. The predicted octanol–water partition coefficient (Wildman–Crippen LogP) is 4.81. The first-order chi connectivity index (χ1) is 12.8. The van der Waals surface area contributed by atoms with E-state index in [1.807, 2.05) is 31.2 Å². The number of carbonyl (C=O) groups is 1. The molecule has 3 aromatic rings. The molecule has 7 heteroatoms. The zero-order valence-electron chi connectivity index (χ0n) is 14.4. The van der Waals surface area contributed by atoms with Crippen LogP contribution in [0.25, 0.3) is 0 Å². The first-order valence-electron chi connectivity index (χ1n) is 8.10. The van der Waals surface area contributed by atoms with E-state index < -0.39 is 10.0 Å². The highest BCUT2D eigenvalue weighted by Gasteiger charge is 2.17. The number of rotatable bonds is 5. The van der Waals surface area contributed by atoms with Crippen LogP contribution in [0.1, 0.15) is 15.9 Å². The smallest absolute Gasteiger partial charge is 0.261 e. The highest BCUT2D eigenvalue weighted by Crippen LogP contribution is 2.21. The molecule has 0 saturated heterocycles. The molecule has 0 heterocycles. The van der Waals surface area contributed by atoms with Crippen LogP contribution >= 0.6 is 15.9 Å². The third-order valence-electron chi connectivity index (χ3n) is 3.90. The maximum absolute atomic E-state index is 12.7. The summed E-state index contributed by atoms with van der Waals surface area (Å²) in [6.45, 7) is 1.82. The van der Waals surface area contributed by atoms with Gasteiger partial charge in [-0.05, 0) is 61.0 Å². The number of hydrogen-bond donors (Lipinski definition) is 2. The monoisotopic (exact) mass is 444 g/mol. The van der Waals surface area contributed by atoms with E-state index in [0.717, 1.165) is 10.0 Å². The van der Waals surface area contributed by atoms with E-state index in [0.29, 0.717) is 11.4 Å². The Kier molecular flexibility index (Phi) is 5.62. The number of para-hydroxylation sites is 1. The average Bonchev–Trinajstić information content (AvgIpc) is 2.65. The number of anilines is 2. The number of carbonyl (C=O) groups excluding carboxylic acids is 1. The molecule has 0 unspecified atom stereocenters. The summed E-state index contributed by atoms with van der Waals surface area (Å²) in [7, 11) is -3.81. The minimum Gasteiger partial charge on any atom is -0.322 e. The van der Waals surface area contributed by atoms with Crippen molar-refractivity contribution in [3.05, 3.63) is 88.4 Å². The lowest BCUT2D eigenvalue weighted by Crippen LogP contribution is -2.16. The topological polar surface area (TPSA) is 75.3 Å². The Hall–Kier alpha value is -2.64. The van der Waals surface area contributed by atoms with Gasteiger partial charge in [0.1, 0.15) is 0 Å². The first kappa shape index (κ1) is 19.1. The van der Waals surface area contributed by atoms with Crippen LogP contribution in [-0.2, 0) is 10.0 Å². The third-order valence-corrected chi connectivity index (χ3v) is 5.79. The summed E-state index contributed by atoms with van der Waals surface area (Å²) in [6, 6.07) is 20.1. The number of benzene rings is 3. The number of aryl methyl sites for hydroxylation is 1. The Bertz CT molecular complexity index is 1080. The number of nitrogens with one attached hydrogen (secondary N) is 2. The van der Waals surface area contributed by atoms with E-state index in [2.05, 4.69) is 26.0 Å². The number of amides is 1. The Morgan fingerprint density at radius 3 is 2.33 bits per heavy atom. The van der Waals surface area contributed by atoms with E-state index in [1.54, 1.807) is 36.4 Å². The van der Waals surface area contributed by atoms with Gasteiger partial charge in [0.15, 0.2) is 0 Å². The second-order valence-corrected chi connectivity index (χ2v) is 8.51. The van der Waals surface area contributed by atoms with Gasteiger partial charge < -0.3 is 5.32 Å². The fraction of sp³-hybridized carbons (Fsp3) is 0.0500. The van der Waals surface area contributed by atoms with Crippen molar-refractivity contribution in [2.75, 3.05) is 10.0 Å². The zero-order valence-corrected chi connectivity index (χ0v) is 16.8. The van der Waals surface area contributed by atoms with Gasteiger partial charge in [-0.15, -0.1) is 0 Å². The van der Waals surface area contributed by atoms with Crippen LogP contribution in [0, 0.1) is 6.92 Å². The van der Waals surface area contributed by atoms with Gasteiger partial charge in [-0.3, -0.25) is 9.52 Å². The Labute approximate surface area is 166 Å². The lowest BCUT2D eigenvalue weighted by molar-refractivity contribution is 0.102. The molecule has 1 amide bonds. The third kappa shape index (κ3) is 4.75. The predicted molar refractivity (Wildman–Crippen MR) is 111 cm³/mol. The van der Waals surface area contributed by atoms with Crippen molar-refractivity contribution in [1.82, 2.24) is 0 Å². The van der Waals surface area contributed by atoms with E-state index in [9.17, 15) is 13.2 Å². The molecule has 138 valence electrons. The average molecular weight is 445 g/mol. The van der Waals surface area contributed by atoms with Crippen molar-refractivity contribution in [2.45, 2.75) is 11.8 Å². The number of halogens is 1. The van der Waals surface area contributed by atoms with Crippen molar-refractivity contribution in [3.8, 4) is 0 Å². The molecule has 0 saturated carbocycles. The molecule has 27 heavy (non-hydrogen) atoms. The molecule has 0 aromatic heterocycles. The van der Waals surface area contributed by atoms with Crippen molar-refractivity contribution >= 4 is 43.2 Å². The van der Waals surface area contributed by atoms with E-state index in [1.165, 1.54) is 12.1 Å². The Balaban J connectivity index is 1.83. The fourth-order valence-corrected chi connectivity index (χ4v) is 3.87. The maximum Gasteiger partial charge on any atom is 0.261 e. The second-order valence-electron chi connectivity index (χ2n) is 5.91. The van der Waals surface area contributed by atoms with Crippen LogP contribution in [0.4, 0.5) is 11.4 Å². The summed E-state index contributed by atoms with van der Waals surface area (Å²) in [5.41, 5.74) is 2.19. The van der Waals surface area contributed by atoms with E-state index in [4.69, 9.17) is 0 Å². The zero-order chi connectivity index (χ0) is 19.4. The van der Waals surface area contributed by atoms with Crippen molar-refractivity contribution in [3.63, 3.8) is 0 Å². The molecule has 0 atom stereocenters. The largest absolute Gasteiger partial charge is 0.322 e. The van der Waals surface area contributed by atoms with Gasteiger partial charge in [-0.25, -0.2) is 8.42 Å². The SMILES string of the molecule is Cc1ccccc1NS(=O)(=O)c1cccc(C(=O)Nc2ccc(Br)cc2)c1. The number of sulfonamides is 1. The molecular weight excluding hydrogens is 428 g/mol. The molecule has 3 rings (SSSR count). The highest BCUT2D eigenvalue weighted by atomic mass is 79.9. The van der Waals surface area contributed by atoms with E-state index >= 15 is 0 Å². The van der Waals surface area contributed by atoms with Crippen LogP contribution < -0.4 is 10.0 Å². The highest BCUT2D eigenvalue weighted by molar-refractivity contribution is 9.10. The van der Waals surface area contributed by atoms with Gasteiger partial charge in [-0.1, -0.05) is 40.2 Å². The molecular formula is C20H17BrN2O3S. The minimum atomic E-state index is -3.81. The standard InChI is InChI=1S/C20H17BrN2O3S/c1-14-5-2-3-8-19(14)23-27(25,26)18-7-4-6-15(13-18)20(24)22-17-11-9-16(21)10-12-17/h2-13,23H,1H3,(H,22,24). The quantitative estimate of drug-likeness (QED) is 0.592. The van der Waals surface area contributed by atoms with Gasteiger partial charge in [-0.2, -0.15) is 0 Å². The van der Waals surface area contributed by atoms with Crippen molar-refractivity contribution in [1.29, 1.82) is 0 Å². The van der Waals surface area contributed by atoms with Crippen LogP contribution in [0.15, 0.2) is 82.2 Å². The van der Waals surface area contributed by atoms with Crippen molar-refractivity contribution < 1.29 is 13.2 Å². The number of hydrogen-bond acceptors (Lipinski definition) is 3. The summed E-state index contributed by atoms with van der Waals surface area (Å²) >= 11 is 3.33. The molecule has 0 aliphatic rings. The second kappa shape index (κ2) is 7.94. The molecule has 0 bridgehead atoms. The van der Waals surface area contributed by atoms with E-state index in [-0.39, 0.29) is 16.4 Å². The van der Waals surface area contributed by atoms with Crippen LogP contribution in [-0.4, -0.2) is 14.3 Å². The summed E-state index contributed by atoms with van der Waals surface area (Å²) in [4.78, 5) is 12.5. The van der Waals surface area contributed by atoms with Gasteiger partial charge in [0.25, 0.3) is 15.9 Å². The van der Waals surface area contributed by atoms with Crippen LogP contribution in [0.2, 0.25) is 0 Å².